The van der Waals surface area contributed by atoms with Crippen LogP contribution in [-0.4, -0.2) is 74.5 Å². The topological polar surface area (TPSA) is 91.0 Å². The molecule has 1 saturated heterocycles. The van der Waals surface area contributed by atoms with Crippen molar-refractivity contribution >= 4 is 52.0 Å². The molecule has 8 nitrogen and oxygen atoms in total. The summed E-state index contributed by atoms with van der Waals surface area (Å²) in [7, 11) is 0. The molecule has 0 aliphatic carbocycles. The van der Waals surface area contributed by atoms with Crippen LogP contribution in [0.2, 0.25) is 4.34 Å². The monoisotopic (exact) mass is 582 g/mol. The number of ether oxygens (including phenoxy) is 1. The maximum atomic E-state index is 13.9. The first-order valence-corrected chi connectivity index (χ1v) is 12.6. The van der Waals surface area contributed by atoms with Gasteiger partial charge in [0.15, 0.2) is 0 Å². The van der Waals surface area contributed by atoms with Gasteiger partial charge >= 0.3 is 6.18 Å². The molecule has 208 valence electrons. The van der Waals surface area contributed by atoms with E-state index in [0.29, 0.717) is 10.4 Å². The Hall–Kier alpha value is -2.81. The Kier molecular flexibility index (Phi) is 10.0. The molecule has 3 amide bonds. The number of nitrogens with one attached hydrogen (secondary N) is 2. The first-order valence-electron chi connectivity index (χ1n) is 11.4. The molecule has 2 aromatic rings. The number of morpholine rings is 1. The van der Waals surface area contributed by atoms with Gasteiger partial charge in [-0.05, 0) is 36.9 Å². The van der Waals surface area contributed by atoms with E-state index in [-0.39, 0.29) is 36.9 Å². The summed E-state index contributed by atoms with van der Waals surface area (Å²) in [6.45, 7) is -0.0613. The minimum Gasteiger partial charge on any atom is -0.370 e. The number of nitrogens with zero attached hydrogens (tertiary/aromatic N) is 2. The number of amides is 3. The first-order chi connectivity index (χ1) is 17.9. The number of carbonyl (C=O) groups excluding carboxylic acids is 3. The highest BCUT2D eigenvalue weighted by atomic mass is 35.5. The molecule has 2 heterocycles. The lowest BCUT2D eigenvalue weighted by Crippen LogP contribution is -2.52. The van der Waals surface area contributed by atoms with Crippen LogP contribution < -0.4 is 15.5 Å². The van der Waals surface area contributed by atoms with Crippen molar-refractivity contribution in [3.63, 3.8) is 0 Å². The number of anilines is 2. The van der Waals surface area contributed by atoms with Gasteiger partial charge in [0, 0.05) is 18.8 Å². The van der Waals surface area contributed by atoms with Crippen molar-refractivity contribution in [1.29, 1.82) is 0 Å². The van der Waals surface area contributed by atoms with Crippen molar-refractivity contribution in [2.45, 2.75) is 25.6 Å². The molecule has 1 aliphatic heterocycles. The van der Waals surface area contributed by atoms with E-state index in [4.69, 9.17) is 16.3 Å². The van der Waals surface area contributed by atoms with Gasteiger partial charge in [0.25, 0.3) is 18.2 Å². The zero-order valence-corrected chi connectivity index (χ0v) is 21.6. The molecule has 1 atom stereocenters. The molecule has 0 saturated carbocycles. The second-order valence-electron chi connectivity index (χ2n) is 8.13. The molecule has 1 aliphatic rings. The van der Waals surface area contributed by atoms with Crippen LogP contribution in [0, 0.1) is 0 Å². The Morgan fingerprint density at radius 2 is 1.97 bits per heavy atom. The fourth-order valence-corrected chi connectivity index (χ4v) is 4.79. The van der Waals surface area contributed by atoms with Crippen molar-refractivity contribution in [2.24, 2.45) is 0 Å². The lowest BCUT2D eigenvalue weighted by atomic mass is 10.1. The Balaban J connectivity index is 1.84. The minimum absolute atomic E-state index is 0.00495. The van der Waals surface area contributed by atoms with E-state index in [1.54, 1.807) is 0 Å². The standard InChI is InChI=1S/C23H24ClF5N4O4S/c1-2-32(11-19(25)26)16(10-30-22(36)17-5-6-18(24)38-17)21(35)31-13-3-4-15(14(9-13)23(27,28)29)33-7-8-37-12-20(33)34/h3-6,9,16,19H,2,7-8,10-12H2,1H3,(H,30,36)(H,31,35)/t16-/m0/s1. The normalized spacial score (nSPS) is 15.2. The van der Waals surface area contributed by atoms with Crippen molar-refractivity contribution in [3.05, 3.63) is 45.1 Å². The number of alkyl halides is 5. The second kappa shape index (κ2) is 12.8. The summed E-state index contributed by atoms with van der Waals surface area (Å²) < 4.78 is 73.3. The van der Waals surface area contributed by atoms with E-state index in [1.807, 2.05) is 0 Å². The van der Waals surface area contributed by atoms with Crippen LogP contribution in [0.15, 0.2) is 30.3 Å². The Labute approximate surface area is 223 Å². The fourth-order valence-electron chi connectivity index (χ4n) is 3.83. The van der Waals surface area contributed by atoms with Gasteiger partial charge in [-0.15, -0.1) is 11.3 Å². The number of hydrogen-bond donors (Lipinski definition) is 2. The molecular formula is C23H24ClF5N4O4S. The predicted molar refractivity (Wildman–Crippen MR) is 132 cm³/mol. The molecule has 1 fully saturated rings. The van der Waals surface area contributed by atoms with Crippen LogP contribution >= 0.6 is 22.9 Å². The summed E-state index contributed by atoms with van der Waals surface area (Å²) in [6.07, 6.45) is -7.67. The minimum atomic E-state index is -4.87. The van der Waals surface area contributed by atoms with Crippen LogP contribution in [0.5, 0.6) is 0 Å². The fraction of sp³-hybridized carbons (Fsp3) is 0.435. The van der Waals surface area contributed by atoms with Crippen LogP contribution in [0.1, 0.15) is 22.2 Å². The number of rotatable bonds is 10. The number of thiophene rings is 1. The van der Waals surface area contributed by atoms with Gasteiger partial charge < -0.3 is 20.3 Å². The molecular weight excluding hydrogens is 559 g/mol. The molecule has 15 heteroatoms. The number of benzene rings is 1. The predicted octanol–water partition coefficient (Wildman–Crippen LogP) is 4.11. The molecule has 2 N–H and O–H groups in total. The summed E-state index contributed by atoms with van der Waals surface area (Å²) in [5.41, 5.74) is -1.82. The molecule has 0 bridgehead atoms. The highest BCUT2D eigenvalue weighted by Gasteiger charge is 2.37. The Morgan fingerprint density at radius 1 is 1.24 bits per heavy atom. The summed E-state index contributed by atoms with van der Waals surface area (Å²) in [5, 5.41) is 4.82. The number of hydrogen-bond acceptors (Lipinski definition) is 6. The van der Waals surface area contributed by atoms with Gasteiger partial charge in [-0.25, -0.2) is 8.78 Å². The third-order valence-electron chi connectivity index (χ3n) is 5.62. The van der Waals surface area contributed by atoms with Crippen molar-refractivity contribution < 1.29 is 41.1 Å². The summed E-state index contributed by atoms with van der Waals surface area (Å²) >= 11 is 6.80. The molecule has 1 aromatic carbocycles. The van der Waals surface area contributed by atoms with E-state index < -0.39 is 60.7 Å². The van der Waals surface area contributed by atoms with E-state index in [9.17, 15) is 36.3 Å². The Morgan fingerprint density at radius 3 is 2.55 bits per heavy atom. The molecule has 0 spiro atoms. The Bertz CT molecular complexity index is 1160. The quantitative estimate of drug-likeness (QED) is 0.412. The summed E-state index contributed by atoms with van der Waals surface area (Å²) in [5.74, 6) is -2.14. The van der Waals surface area contributed by atoms with Crippen LogP contribution in [0.25, 0.3) is 0 Å². The maximum Gasteiger partial charge on any atom is 0.418 e. The van der Waals surface area contributed by atoms with Crippen molar-refractivity contribution in [3.8, 4) is 0 Å². The smallest absolute Gasteiger partial charge is 0.370 e. The third-order valence-corrected chi connectivity index (χ3v) is 6.85. The average molecular weight is 583 g/mol. The average Bonchev–Trinajstić information content (AvgIpc) is 3.29. The summed E-state index contributed by atoms with van der Waals surface area (Å²) in [6, 6.07) is 4.51. The van der Waals surface area contributed by atoms with E-state index in [2.05, 4.69) is 10.6 Å². The molecule has 38 heavy (non-hydrogen) atoms. The SMILES string of the molecule is CCN(CC(F)F)[C@@H](CNC(=O)c1ccc(Cl)s1)C(=O)Nc1ccc(N2CCOCC2=O)c(C(F)(F)F)c1. The zero-order valence-electron chi connectivity index (χ0n) is 20.0. The molecule has 0 unspecified atom stereocenters. The van der Waals surface area contributed by atoms with Crippen molar-refractivity contribution in [2.75, 3.05) is 49.6 Å². The largest absolute Gasteiger partial charge is 0.418 e. The van der Waals surface area contributed by atoms with E-state index >= 15 is 0 Å². The van der Waals surface area contributed by atoms with Gasteiger partial charge in [0.05, 0.1) is 33.6 Å². The molecule has 1 aromatic heterocycles. The van der Waals surface area contributed by atoms with Gasteiger partial charge in [-0.3, -0.25) is 19.3 Å². The van der Waals surface area contributed by atoms with Gasteiger partial charge in [0.2, 0.25) is 5.91 Å². The van der Waals surface area contributed by atoms with Crippen molar-refractivity contribution in [1.82, 2.24) is 10.2 Å². The number of carbonyl (C=O) groups is 3. The van der Waals surface area contributed by atoms with Crippen LogP contribution in [0.4, 0.5) is 33.3 Å². The lowest BCUT2D eigenvalue weighted by Gasteiger charge is -2.30. The van der Waals surface area contributed by atoms with Gasteiger partial charge in [0.1, 0.15) is 12.6 Å². The van der Waals surface area contributed by atoms with Crippen LogP contribution in [-0.2, 0) is 20.5 Å². The maximum absolute atomic E-state index is 13.9. The molecule has 3 rings (SSSR count). The second-order valence-corrected chi connectivity index (χ2v) is 9.84. The van der Waals surface area contributed by atoms with Gasteiger partial charge in [-0.1, -0.05) is 18.5 Å². The lowest BCUT2D eigenvalue weighted by molar-refractivity contribution is -0.137. The number of halogens is 6. The molecule has 0 radical (unpaired) electrons. The van der Waals surface area contributed by atoms with E-state index in [1.165, 1.54) is 25.1 Å². The van der Waals surface area contributed by atoms with E-state index in [0.717, 1.165) is 27.2 Å². The highest BCUT2D eigenvalue weighted by molar-refractivity contribution is 7.18. The zero-order chi connectivity index (χ0) is 28.0. The highest BCUT2D eigenvalue weighted by Crippen LogP contribution is 2.39. The third kappa shape index (κ3) is 7.62. The first kappa shape index (κ1) is 29.7. The summed E-state index contributed by atoms with van der Waals surface area (Å²) in [4.78, 5) is 39.9. The van der Waals surface area contributed by atoms with Crippen LogP contribution in [0.3, 0.4) is 0 Å². The number of likely N-dealkylation sites (N-methyl/N-ethyl adjacent to an activating group) is 1. The van der Waals surface area contributed by atoms with Gasteiger partial charge in [-0.2, -0.15) is 13.2 Å².